The molecule has 0 amide bonds. The van der Waals surface area contributed by atoms with Crippen LogP contribution >= 0.6 is 0 Å². The number of hydrogen-bond acceptors (Lipinski definition) is 8. The maximum atomic E-state index is 12.5. The Balaban J connectivity index is 1.87. The Labute approximate surface area is 213 Å². The Morgan fingerprint density at radius 1 is 0.806 bits per heavy atom. The maximum absolute atomic E-state index is 12.5. The van der Waals surface area contributed by atoms with E-state index in [2.05, 4.69) is 0 Å². The molecular weight excluding hydrogens is 464 g/mol. The van der Waals surface area contributed by atoms with Crippen LogP contribution in [0.5, 0.6) is 23.0 Å². The molecule has 0 radical (unpaired) electrons. The van der Waals surface area contributed by atoms with Crippen molar-refractivity contribution in [3.63, 3.8) is 0 Å². The van der Waals surface area contributed by atoms with E-state index in [-0.39, 0.29) is 19.8 Å². The van der Waals surface area contributed by atoms with Gasteiger partial charge in [-0.05, 0) is 51.5 Å². The molecule has 1 aliphatic rings. The van der Waals surface area contributed by atoms with Crippen LogP contribution in [0.15, 0.2) is 48.5 Å². The van der Waals surface area contributed by atoms with Crippen molar-refractivity contribution in [3.05, 3.63) is 48.5 Å². The molecule has 2 aromatic rings. The summed E-state index contributed by atoms with van der Waals surface area (Å²) in [7, 11) is 0. The van der Waals surface area contributed by atoms with E-state index in [1.165, 1.54) is 0 Å². The van der Waals surface area contributed by atoms with Gasteiger partial charge in [-0.3, -0.25) is 0 Å². The molecule has 3 rings (SSSR count). The first-order valence-electron chi connectivity index (χ1n) is 12.4. The van der Waals surface area contributed by atoms with Gasteiger partial charge in [0.15, 0.2) is 23.0 Å². The fraction of sp³-hybridized carbons (Fsp3) is 0.536. The molecular formula is C28H38O8. The van der Waals surface area contributed by atoms with Crippen molar-refractivity contribution in [2.24, 2.45) is 0 Å². The second kappa shape index (κ2) is 13.4. The van der Waals surface area contributed by atoms with Gasteiger partial charge in [0.1, 0.15) is 44.2 Å². The second-order valence-electron chi connectivity index (χ2n) is 9.59. The Kier molecular flexibility index (Phi) is 10.3. The zero-order valence-electron chi connectivity index (χ0n) is 21.7. The third kappa shape index (κ3) is 8.91. The zero-order valence-corrected chi connectivity index (χ0v) is 21.7. The Hall–Kier alpha value is -2.97. The van der Waals surface area contributed by atoms with E-state index < -0.39 is 17.2 Å². The Bertz CT molecular complexity index is 897. The van der Waals surface area contributed by atoms with E-state index in [0.29, 0.717) is 55.8 Å². The molecule has 8 nitrogen and oxygen atoms in total. The quantitative estimate of drug-likeness (QED) is 0.538. The SMILES string of the molecule is CCCC1(OCC(=O)OC(C)(C)C)COc2ccccc2OCCOCCOc2ccccc2OC1. The van der Waals surface area contributed by atoms with Crippen LogP contribution in [0.25, 0.3) is 0 Å². The number of fused-ring (bicyclic) bond motifs is 2. The molecule has 0 spiro atoms. The fourth-order valence-electron chi connectivity index (χ4n) is 3.70. The van der Waals surface area contributed by atoms with Crippen molar-refractivity contribution in [1.29, 1.82) is 0 Å². The summed E-state index contributed by atoms with van der Waals surface area (Å²) in [4.78, 5) is 12.5. The summed E-state index contributed by atoms with van der Waals surface area (Å²) in [5, 5.41) is 0. The topological polar surface area (TPSA) is 81.7 Å². The predicted octanol–water partition coefficient (Wildman–Crippen LogP) is 4.83. The number of rotatable bonds is 5. The summed E-state index contributed by atoms with van der Waals surface area (Å²) in [5.41, 5.74) is -1.53. The molecule has 2 aromatic carbocycles. The van der Waals surface area contributed by atoms with Crippen LogP contribution in [0, 0.1) is 0 Å². The van der Waals surface area contributed by atoms with Crippen LogP contribution in [0.4, 0.5) is 0 Å². The van der Waals surface area contributed by atoms with E-state index in [0.717, 1.165) is 6.42 Å². The van der Waals surface area contributed by atoms with E-state index in [1.54, 1.807) is 0 Å². The van der Waals surface area contributed by atoms with Gasteiger partial charge in [0.05, 0.1) is 13.2 Å². The van der Waals surface area contributed by atoms with Crippen LogP contribution in [-0.2, 0) is 19.0 Å². The minimum Gasteiger partial charge on any atom is -0.487 e. The first kappa shape index (κ1) is 27.6. The average molecular weight is 503 g/mol. The van der Waals surface area contributed by atoms with Gasteiger partial charge in [0.25, 0.3) is 0 Å². The predicted molar refractivity (Wildman–Crippen MR) is 135 cm³/mol. The molecule has 0 unspecified atom stereocenters. The monoisotopic (exact) mass is 502 g/mol. The number of esters is 1. The van der Waals surface area contributed by atoms with Crippen molar-refractivity contribution < 1.29 is 38.0 Å². The van der Waals surface area contributed by atoms with Gasteiger partial charge >= 0.3 is 5.97 Å². The van der Waals surface area contributed by atoms with Gasteiger partial charge < -0.3 is 33.2 Å². The molecule has 198 valence electrons. The van der Waals surface area contributed by atoms with Gasteiger partial charge in [0, 0.05) is 0 Å². The van der Waals surface area contributed by atoms with Gasteiger partial charge in [-0.2, -0.15) is 0 Å². The number of ether oxygens (including phenoxy) is 7. The molecule has 0 N–H and O–H groups in total. The second-order valence-corrected chi connectivity index (χ2v) is 9.59. The number of carbonyl (C=O) groups is 1. The highest BCUT2D eigenvalue weighted by atomic mass is 16.6. The standard InChI is InChI=1S/C28H38O8/c1-5-14-28(35-19-26(29)36-27(2,3)4)20-33-24-12-8-6-10-22(24)31-17-15-30-16-18-32-23-11-7-9-13-25(23)34-21-28/h6-13H,5,14-21H2,1-4H3. The highest BCUT2D eigenvalue weighted by Crippen LogP contribution is 2.32. The van der Waals surface area contributed by atoms with Gasteiger partial charge in [-0.25, -0.2) is 4.79 Å². The molecule has 0 saturated heterocycles. The molecule has 0 fully saturated rings. The van der Waals surface area contributed by atoms with Crippen LogP contribution in [-0.4, -0.2) is 63.4 Å². The average Bonchev–Trinajstić information content (AvgIpc) is 2.84. The van der Waals surface area contributed by atoms with Crippen molar-refractivity contribution >= 4 is 5.97 Å². The van der Waals surface area contributed by atoms with Gasteiger partial charge in [0.2, 0.25) is 0 Å². The van der Waals surface area contributed by atoms with Gasteiger partial charge in [-0.1, -0.05) is 37.6 Å². The highest BCUT2D eigenvalue weighted by molar-refractivity contribution is 5.71. The Morgan fingerprint density at radius 3 is 1.72 bits per heavy atom. The lowest BCUT2D eigenvalue weighted by Crippen LogP contribution is -2.46. The largest absolute Gasteiger partial charge is 0.487 e. The van der Waals surface area contributed by atoms with Crippen molar-refractivity contribution in [2.75, 3.05) is 46.2 Å². The fourth-order valence-corrected chi connectivity index (χ4v) is 3.70. The van der Waals surface area contributed by atoms with E-state index in [9.17, 15) is 4.79 Å². The lowest BCUT2D eigenvalue weighted by atomic mass is 9.99. The third-order valence-electron chi connectivity index (χ3n) is 5.27. The molecule has 8 heteroatoms. The summed E-state index contributed by atoms with van der Waals surface area (Å²) in [6.07, 6.45) is 1.38. The van der Waals surface area contributed by atoms with Gasteiger partial charge in [-0.15, -0.1) is 0 Å². The zero-order chi connectivity index (χ0) is 25.9. The lowest BCUT2D eigenvalue weighted by Gasteiger charge is -2.34. The molecule has 0 aromatic heterocycles. The smallest absolute Gasteiger partial charge is 0.332 e. The molecule has 0 aliphatic carbocycles. The number of hydrogen-bond donors (Lipinski definition) is 0. The maximum Gasteiger partial charge on any atom is 0.332 e. The van der Waals surface area contributed by atoms with E-state index in [1.807, 2.05) is 76.2 Å². The third-order valence-corrected chi connectivity index (χ3v) is 5.27. The summed E-state index contributed by atoms with van der Waals surface area (Å²) >= 11 is 0. The lowest BCUT2D eigenvalue weighted by molar-refractivity contribution is -0.172. The van der Waals surface area contributed by atoms with Crippen LogP contribution in [0.2, 0.25) is 0 Å². The van der Waals surface area contributed by atoms with Crippen molar-refractivity contribution in [3.8, 4) is 23.0 Å². The summed E-state index contributed by atoms with van der Waals surface area (Å²) < 4.78 is 41.5. The van der Waals surface area contributed by atoms with E-state index >= 15 is 0 Å². The molecule has 1 aliphatic heterocycles. The number of para-hydroxylation sites is 4. The van der Waals surface area contributed by atoms with E-state index in [4.69, 9.17) is 33.2 Å². The summed E-state index contributed by atoms with van der Waals surface area (Å²) in [6.45, 7) is 9.14. The molecule has 0 saturated carbocycles. The minimum atomic E-state index is -0.925. The first-order valence-corrected chi connectivity index (χ1v) is 12.4. The minimum absolute atomic E-state index is 0.142. The van der Waals surface area contributed by atoms with Crippen LogP contribution < -0.4 is 18.9 Å². The summed E-state index contributed by atoms with van der Waals surface area (Å²) in [6, 6.07) is 14.9. The van der Waals surface area contributed by atoms with Crippen molar-refractivity contribution in [1.82, 2.24) is 0 Å². The highest BCUT2D eigenvalue weighted by Gasteiger charge is 2.35. The van der Waals surface area contributed by atoms with Crippen molar-refractivity contribution in [2.45, 2.75) is 51.7 Å². The first-order chi connectivity index (χ1) is 17.3. The molecule has 36 heavy (non-hydrogen) atoms. The molecule has 0 bridgehead atoms. The number of benzene rings is 2. The normalized spacial score (nSPS) is 16.7. The molecule has 0 atom stereocenters. The van der Waals surface area contributed by atoms with Crippen LogP contribution in [0.1, 0.15) is 40.5 Å². The molecule has 1 heterocycles. The van der Waals surface area contributed by atoms with Crippen LogP contribution in [0.3, 0.4) is 0 Å². The number of carbonyl (C=O) groups excluding carboxylic acids is 1. The summed E-state index contributed by atoms with van der Waals surface area (Å²) in [5.74, 6) is 1.92. The Morgan fingerprint density at radius 2 is 1.28 bits per heavy atom.